The lowest BCUT2D eigenvalue weighted by Crippen LogP contribution is -2.32. The molecule has 0 aliphatic carbocycles. The number of ether oxygens (including phenoxy) is 1. The van der Waals surface area contributed by atoms with Gasteiger partial charge < -0.3 is 15.0 Å². The summed E-state index contributed by atoms with van der Waals surface area (Å²) in [5.41, 5.74) is 3.02. The number of amides is 2. The Morgan fingerprint density at radius 3 is 2.63 bits per heavy atom. The van der Waals surface area contributed by atoms with E-state index in [-0.39, 0.29) is 30.3 Å². The molecule has 0 unspecified atom stereocenters. The third-order valence-electron chi connectivity index (χ3n) is 4.57. The molecule has 5 nitrogen and oxygen atoms in total. The standard InChI is InChI=1S/C22H26N2O3/c1-15(2)27-20-9-7-19(8-10-20)24-14-18(12-21(24)25)22(26)23-13-17-6-4-5-16(3)11-17/h4-11,15,18H,12-14H2,1-3H3,(H,23,26)/t18-/m1/s1. The van der Waals surface area contributed by atoms with E-state index in [1.54, 1.807) is 4.90 Å². The largest absolute Gasteiger partial charge is 0.491 e. The molecule has 0 saturated carbocycles. The molecule has 3 rings (SSSR count). The van der Waals surface area contributed by atoms with Crippen molar-refractivity contribution >= 4 is 17.5 Å². The fourth-order valence-corrected chi connectivity index (χ4v) is 3.27. The minimum atomic E-state index is -0.325. The lowest BCUT2D eigenvalue weighted by molar-refractivity contribution is -0.126. The van der Waals surface area contributed by atoms with Crippen molar-refractivity contribution < 1.29 is 14.3 Å². The van der Waals surface area contributed by atoms with E-state index < -0.39 is 0 Å². The van der Waals surface area contributed by atoms with E-state index in [9.17, 15) is 9.59 Å². The molecule has 0 bridgehead atoms. The number of nitrogens with one attached hydrogen (secondary N) is 1. The Morgan fingerprint density at radius 1 is 1.22 bits per heavy atom. The highest BCUT2D eigenvalue weighted by Gasteiger charge is 2.35. The number of benzene rings is 2. The van der Waals surface area contributed by atoms with Gasteiger partial charge in [0.2, 0.25) is 11.8 Å². The van der Waals surface area contributed by atoms with Crippen LogP contribution in [0.5, 0.6) is 5.75 Å². The lowest BCUT2D eigenvalue weighted by Gasteiger charge is -2.18. The van der Waals surface area contributed by atoms with E-state index in [1.807, 2.05) is 69.3 Å². The maximum Gasteiger partial charge on any atom is 0.227 e. The first-order valence-electron chi connectivity index (χ1n) is 9.32. The van der Waals surface area contributed by atoms with Crippen molar-refractivity contribution in [3.8, 4) is 5.75 Å². The molecule has 2 aromatic rings. The number of carbonyl (C=O) groups excluding carboxylic acids is 2. The average Bonchev–Trinajstić information content (AvgIpc) is 3.02. The monoisotopic (exact) mass is 366 g/mol. The van der Waals surface area contributed by atoms with Gasteiger partial charge in [0.25, 0.3) is 0 Å². The van der Waals surface area contributed by atoms with Crippen molar-refractivity contribution in [3.05, 3.63) is 59.7 Å². The molecular formula is C22H26N2O3. The smallest absolute Gasteiger partial charge is 0.227 e. The van der Waals surface area contributed by atoms with Gasteiger partial charge in [0.05, 0.1) is 12.0 Å². The first-order valence-corrected chi connectivity index (χ1v) is 9.32. The molecule has 142 valence electrons. The fraction of sp³-hybridized carbons (Fsp3) is 0.364. The normalized spacial score (nSPS) is 16.7. The van der Waals surface area contributed by atoms with Crippen LogP contribution in [-0.2, 0) is 16.1 Å². The van der Waals surface area contributed by atoms with Gasteiger partial charge >= 0.3 is 0 Å². The van der Waals surface area contributed by atoms with E-state index in [0.29, 0.717) is 13.1 Å². The number of carbonyl (C=O) groups is 2. The summed E-state index contributed by atoms with van der Waals surface area (Å²) in [5.74, 6) is 0.345. The molecule has 1 N–H and O–H groups in total. The summed E-state index contributed by atoms with van der Waals surface area (Å²) in [6.45, 7) is 6.85. The second-order valence-corrected chi connectivity index (χ2v) is 7.27. The van der Waals surface area contributed by atoms with Gasteiger partial charge in [0, 0.05) is 25.2 Å². The first-order chi connectivity index (χ1) is 12.9. The zero-order valence-corrected chi connectivity index (χ0v) is 16.1. The maximum absolute atomic E-state index is 12.5. The van der Waals surface area contributed by atoms with Gasteiger partial charge in [-0.2, -0.15) is 0 Å². The van der Waals surface area contributed by atoms with Crippen LogP contribution >= 0.6 is 0 Å². The van der Waals surface area contributed by atoms with E-state index in [4.69, 9.17) is 4.74 Å². The molecule has 1 fully saturated rings. The Hall–Kier alpha value is -2.82. The molecule has 2 aromatic carbocycles. The minimum Gasteiger partial charge on any atom is -0.491 e. The van der Waals surface area contributed by atoms with Gasteiger partial charge in [-0.15, -0.1) is 0 Å². The van der Waals surface area contributed by atoms with Crippen LogP contribution in [0.4, 0.5) is 5.69 Å². The van der Waals surface area contributed by atoms with Crippen molar-refractivity contribution in [1.82, 2.24) is 5.32 Å². The van der Waals surface area contributed by atoms with Gasteiger partial charge in [-0.25, -0.2) is 0 Å². The van der Waals surface area contributed by atoms with Crippen LogP contribution in [-0.4, -0.2) is 24.5 Å². The SMILES string of the molecule is Cc1cccc(CNC(=O)[C@@H]2CC(=O)N(c3ccc(OC(C)C)cc3)C2)c1. The first kappa shape index (κ1) is 19.0. The molecule has 1 saturated heterocycles. The minimum absolute atomic E-state index is 0.0248. The van der Waals surface area contributed by atoms with Gasteiger partial charge in [-0.1, -0.05) is 29.8 Å². The molecule has 0 radical (unpaired) electrons. The molecule has 5 heteroatoms. The predicted octanol–water partition coefficient (Wildman–Crippen LogP) is 3.45. The number of hydrogen-bond acceptors (Lipinski definition) is 3. The maximum atomic E-state index is 12.5. The number of aryl methyl sites for hydroxylation is 1. The van der Waals surface area contributed by atoms with Gasteiger partial charge in [-0.05, 0) is 50.6 Å². The Morgan fingerprint density at radius 2 is 1.96 bits per heavy atom. The van der Waals surface area contributed by atoms with Crippen molar-refractivity contribution in [1.29, 1.82) is 0 Å². The number of rotatable bonds is 6. The molecular weight excluding hydrogens is 340 g/mol. The number of hydrogen-bond donors (Lipinski definition) is 1. The Kier molecular flexibility index (Phi) is 5.79. The molecule has 1 aliphatic heterocycles. The van der Waals surface area contributed by atoms with Crippen LogP contribution < -0.4 is 15.0 Å². The summed E-state index contributed by atoms with van der Waals surface area (Å²) in [5, 5.41) is 2.95. The molecule has 0 spiro atoms. The fourth-order valence-electron chi connectivity index (χ4n) is 3.27. The highest BCUT2D eigenvalue weighted by atomic mass is 16.5. The third-order valence-corrected chi connectivity index (χ3v) is 4.57. The summed E-state index contributed by atoms with van der Waals surface area (Å²) >= 11 is 0. The quantitative estimate of drug-likeness (QED) is 0.852. The van der Waals surface area contributed by atoms with E-state index in [2.05, 4.69) is 5.32 Å². The summed E-state index contributed by atoms with van der Waals surface area (Å²) in [6, 6.07) is 15.5. The summed E-state index contributed by atoms with van der Waals surface area (Å²) in [6.07, 6.45) is 0.343. The van der Waals surface area contributed by atoms with E-state index in [0.717, 1.165) is 22.6 Å². The van der Waals surface area contributed by atoms with Gasteiger partial charge in [0.15, 0.2) is 0 Å². The van der Waals surface area contributed by atoms with Crippen LogP contribution in [0.2, 0.25) is 0 Å². The molecule has 2 amide bonds. The van der Waals surface area contributed by atoms with Crippen LogP contribution in [0.25, 0.3) is 0 Å². The van der Waals surface area contributed by atoms with Crippen LogP contribution in [0.15, 0.2) is 48.5 Å². The molecule has 1 aliphatic rings. The van der Waals surface area contributed by atoms with Gasteiger partial charge in [-0.3, -0.25) is 9.59 Å². The summed E-state index contributed by atoms with van der Waals surface area (Å²) in [4.78, 5) is 26.6. The average molecular weight is 366 g/mol. The highest BCUT2D eigenvalue weighted by Crippen LogP contribution is 2.27. The topological polar surface area (TPSA) is 58.6 Å². The van der Waals surface area contributed by atoms with Crippen LogP contribution in [0.3, 0.4) is 0 Å². The van der Waals surface area contributed by atoms with E-state index in [1.165, 1.54) is 0 Å². The molecule has 0 aromatic heterocycles. The third kappa shape index (κ3) is 4.88. The predicted molar refractivity (Wildman–Crippen MR) is 106 cm³/mol. The Labute approximate surface area is 160 Å². The molecule has 27 heavy (non-hydrogen) atoms. The van der Waals surface area contributed by atoms with Crippen molar-refractivity contribution in [2.45, 2.75) is 39.8 Å². The molecule has 1 heterocycles. The van der Waals surface area contributed by atoms with Crippen LogP contribution in [0.1, 0.15) is 31.4 Å². The summed E-state index contributed by atoms with van der Waals surface area (Å²) in [7, 11) is 0. The second kappa shape index (κ2) is 8.25. The van der Waals surface area contributed by atoms with Crippen LogP contribution in [0, 0.1) is 12.8 Å². The molecule has 1 atom stereocenters. The van der Waals surface area contributed by atoms with Crippen molar-refractivity contribution in [2.75, 3.05) is 11.4 Å². The number of anilines is 1. The van der Waals surface area contributed by atoms with E-state index >= 15 is 0 Å². The second-order valence-electron chi connectivity index (χ2n) is 7.27. The van der Waals surface area contributed by atoms with Crippen molar-refractivity contribution in [3.63, 3.8) is 0 Å². The number of nitrogens with zero attached hydrogens (tertiary/aromatic N) is 1. The van der Waals surface area contributed by atoms with Gasteiger partial charge in [0.1, 0.15) is 5.75 Å². The Bertz CT molecular complexity index is 815. The zero-order valence-electron chi connectivity index (χ0n) is 16.1. The lowest BCUT2D eigenvalue weighted by atomic mass is 10.1. The zero-order chi connectivity index (χ0) is 19.4. The summed E-state index contributed by atoms with van der Waals surface area (Å²) < 4.78 is 5.63. The Balaban J connectivity index is 1.58. The highest BCUT2D eigenvalue weighted by molar-refractivity contribution is 6.00. The van der Waals surface area contributed by atoms with Crippen molar-refractivity contribution in [2.24, 2.45) is 5.92 Å².